The molecule has 0 radical (unpaired) electrons. The number of nitrogens with zero attached hydrogens (tertiary/aromatic N) is 2. The molecule has 0 aliphatic carbocycles. The Morgan fingerprint density at radius 3 is 2.53 bits per heavy atom. The number of sulfonamides is 1. The first-order chi connectivity index (χ1) is 16.1. The molecule has 2 aromatic heterocycles. The lowest BCUT2D eigenvalue weighted by atomic mass is 10.2. The summed E-state index contributed by atoms with van der Waals surface area (Å²) < 4.78 is 35.3. The maximum absolute atomic E-state index is 13.0. The fraction of sp³-hybridized carbons (Fsp3) is 0.160. The molecule has 0 fully saturated rings. The van der Waals surface area contributed by atoms with Crippen molar-refractivity contribution in [1.82, 2.24) is 9.38 Å². The van der Waals surface area contributed by atoms with Crippen LogP contribution in [0.25, 0.3) is 5.65 Å². The van der Waals surface area contributed by atoms with Crippen molar-refractivity contribution in [1.29, 1.82) is 0 Å². The van der Waals surface area contributed by atoms with Crippen LogP contribution in [0.3, 0.4) is 0 Å². The minimum absolute atomic E-state index is 0.0461. The zero-order valence-electron chi connectivity index (χ0n) is 18.9. The Morgan fingerprint density at radius 1 is 1.00 bits per heavy atom. The second kappa shape index (κ2) is 9.11. The predicted octanol–water partition coefficient (Wildman–Crippen LogP) is 3.78. The number of anilines is 1. The second-order valence-electron chi connectivity index (χ2n) is 8.01. The third kappa shape index (κ3) is 4.84. The summed E-state index contributed by atoms with van der Waals surface area (Å²) in [5.41, 5.74) is 2.90. The number of hydrogen-bond acceptors (Lipinski definition) is 6. The Bertz CT molecular complexity index is 1580. The van der Waals surface area contributed by atoms with Crippen LogP contribution in [0.5, 0.6) is 0 Å². The van der Waals surface area contributed by atoms with Gasteiger partial charge in [0.1, 0.15) is 12.3 Å². The van der Waals surface area contributed by atoms with Gasteiger partial charge in [0.05, 0.1) is 21.8 Å². The fourth-order valence-corrected chi connectivity index (χ4v) is 4.90. The summed E-state index contributed by atoms with van der Waals surface area (Å²) in [6.45, 7) is 5.15. The third-order valence-electron chi connectivity index (χ3n) is 5.25. The standard InChI is InChI=1S/C25H23N3O5S/c1-16-8-9-18(3)22(12-16)34(31,32)27-21-7-5-4-6-20(21)25(30)33-15-19-14-24(29)28-11-10-17(2)13-23(28)26-19/h4-14,27H,15H2,1-3H3. The van der Waals surface area contributed by atoms with E-state index in [1.807, 2.05) is 13.0 Å². The van der Waals surface area contributed by atoms with Gasteiger partial charge in [-0.3, -0.25) is 13.9 Å². The van der Waals surface area contributed by atoms with Gasteiger partial charge in [0, 0.05) is 12.3 Å². The molecule has 8 nitrogen and oxygen atoms in total. The number of hydrogen-bond donors (Lipinski definition) is 1. The second-order valence-corrected chi connectivity index (χ2v) is 9.67. The van der Waals surface area contributed by atoms with Crippen LogP contribution in [0.15, 0.2) is 76.6 Å². The average molecular weight is 478 g/mol. The Balaban J connectivity index is 1.57. The SMILES string of the molecule is Cc1ccc(C)c(S(=O)(=O)Nc2ccccc2C(=O)OCc2cc(=O)n3ccc(C)cc3n2)c1. The van der Waals surface area contributed by atoms with Crippen LogP contribution in [0.4, 0.5) is 5.69 Å². The molecule has 4 aromatic rings. The highest BCUT2D eigenvalue weighted by Crippen LogP contribution is 2.24. The maximum Gasteiger partial charge on any atom is 0.340 e. The van der Waals surface area contributed by atoms with Gasteiger partial charge in [0.25, 0.3) is 15.6 Å². The molecule has 0 aliphatic rings. The molecule has 2 heterocycles. The van der Waals surface area contributed by atoms with Crippen molar-refractivity contribution in [2.45, 2.75) is 32.3 Å². The number of carbonyl (C=O) groups is 1. The Hall–Kier alpha value is -3.98. The molecular formula is C25H23N3O5S. The predicted molar refractivity (Wildman–Crippen MR) is 128 cm³/mol. The van der Waals surface area contributed by atoms with E-state index in [0.717, 1.165) is 11.1 Å². The van der Waals surface area contributed by atoms with Crippen molar-refractivity contribution < 1.29 is 17.9 Å². The molecule has 0 unspecified atom stereocenters. The highest BCUT2D eigenvalue weighted by atomic mass is 32.2. The molecule has 0 aliphatic heterocycles. The normalized spacial score (nSPS) is 11.4. The maximum atomic E-state index is 13.0. The van der Waals surface area contributed by atoms with E-state index in [1.165, 1.54) is 22.6 Å². The fourth-order valence-electron chi connectivity index (χ4n) is 3.49. The number of pyridine rings is 1. The van der Waals surface area contributed by atoms with Crippen LogP contribution in [0.2, 0.25) is 0 Å². The van der Waals surface area contributed by atoms with Gasteiger partial charge in [-0.25, -0.2) is 18.2 Å². The van der Waals surface area contributed by atoms with Crippen LogP contribution >= 0.6 is 0 Å². The summed E-state index contributed by atoms with van der Waals surface area (Å²) in [5.74, 6) is -0.745. The molecule has 2 aromatic carbocycles. The Kier molecular flexibility index (Phi) is 6.21. The van der Waals surface area contributed by atoms with Gasteiger partial charge in [0.15, 0.2) is 0 Å². The molecule has 174 valence electrons. The zero-order chi connectivity index (χ0) is 24.5. The van der Waals surface area contributed by atoms with E-state index >= 15 is 0 Å². The minimum atomic E-state index is -3.94. The van der Waals surface area contributed by atoms with E-state index in [-0.39, 0.29) is 34.0 Å². The van der Waals surface area contributed by atoms with E-state index in [1.54, 1.807) is 56.4 Å². The number of esters is 1. The molecule has 0 atom stereocenters. The molecule has 0 amide bonds. The molecule has 0 saturated carbocycles. The van der Waals surface area contributed by atoms with Crippen LogP contribution in [-0.2, 0) is 21.4 Å². The molecule has 0 spiro atoms. The first kappa shape index (κ1) is 23.2. The van der Waals surface area contributed by atoms with Gasteiger partial charge in [0.2, 0.25) is 0 Å². The third-order valence-corrected chi connectivity index (χ3v) is 6.76. The summed E-state index contributed by atoms with van der Waals surface area (Å²) in [7, 11) is -3.94. The summed E-state index contributed by atoms with van der Waals surface area (Å²) in [4.78, 5) is 29.7. The summed E-state index contributed by atoms with van der Waals surface area (Å²) in [5, 5.41) is 0. The number of carbonyl (C=O) groups excluding carboxylic acids is 1. The van der Waals surface area contributed by atoms with Crippen molar-refractivity contribution in [2.75, 3.05) is 4.72 Å². The molecule has 1 N–H and O–H groups in total. The summed E-state index contributed by atoms with van der Waals surface area (Å²) in [6, 6.07) is 16.2. The number of aromatic nitrogens is 2. The number of para-hydroxylation sites is 1. The average Bonchev–Trinajstić information content (AvgIpc) is 2.79. The highest BCUT2D eigenvalue weighted by molar-refractivity contribution is 7.92. The summed E-state index contributed by atoms with van der Waals surface area (Å²) >= 11 is 0. The van der Waals surface area contributed by atoms with E-state index in [0.29, 0.717) is 11.2 Å². The number of ether oxygens (including phenoxy) is 1. The van der Waals surface area contributed by atoms with Crippen molar-refractivity contribution in [2.24, 2.45) is 0 Å². The molecule has 0 saturated heterocycles. The Labute approximate surface area is 196 Å². The largest absolute Gasteiger partial charge is 0.456 e. The molecule has 4 rings (SSSR count). The van der Waals surface area contributed by atoms with Crippen molar-refractivity contribution >= 4 is 27.3 Å². The quantitative estimate of drug-likeness (QED) is 0.424. The summed E-state index contributed by atoms with van der Waals surface area (Å²) in [6.07, 6.45) is 1.63. The van der Waals surface area contributed by atoms with E-state index in [2.05, 4.69) is 9.71 Å². The van der Waals surface area contributed by atoms with Gasteiger partial charge in [-0.2, -0.15) is 0 Å². The van der Waals surface area contributed by atoms with E-state index in [9.17, 15) is 18.0 Å². The van der Waals surface area contributed by atoms with Crippen molar-refractivity contribution in [3.05, 3.63) is 105 Å². The zero-order valence-corrected chi connectivity index (χ0v) is 19.7. The lowest BCUT2D eigenvalue weighted by Crippen LogP contribution is -2.18. The van der Waals surface area contributed by atoms with E-state index in [4.69, 9.17) is 4.74 Å². The lowest BCUT2D eigenvalue weighted by molar-refractivity contribution is 0.0469. The monoisotopic (exact) mass is 477 g/mol. The van der Waals surface area contributed by atoms with Crippen molar-refractivity contribution in [3.63, 3.8) is 0 Å². The first-order valence-electron chi connectivity index (χ1n) is 10.5. The molecule has 9 heteroatoms. The van der Waals surface area contributed by atoms with Gasteiger partial charge < -0.3 is 4.74 Å². The molecular weight excluding hydrogens is 454 g/mol. The topological polar surface area (TPSA) is 107 Å². The van der Waals surface area contributed by atoms with Gasteiger partial charge in [-0.15, -0.1) is 0 Å². The lowest BCUT2D eigenvalue weighted by Gasteiger charge is -2.14. The Morgan fingerprint density at radius 2 is 1.74 bits per heavy atom. The first-order valence-corrected chi connectivity index (χ1v) is 12.0. The number of benzene rings is 2. The number of aryl methyl sites for hydroxylation is 3. The van der Waals surface area contributed by atoms with Crippen molar-refractivity contribution in [3.8, 4) is 0 Å². The van der Waals surface area contributed by atoms with Crippen LogP contribution < -0.4 is 10.3 Å². The van der Waals surface area contributed by atoms with Gasteiger partial charge >= 0.3 is 5.97 Å². The van der Waals surface area contributed by atoms with Crippen LogP contribution in [0.1, 0.15) is 32.7 Å². The smallest absolute Gasteiger partial charge is 0.340 e. The highest BCUT2D eigenvalue weighted by Gasteiger charge is 2.21. The van der Waals surface area contributed by atoms with E-state index < -0.39 is 16.0 Å². The number of rotatable bonds is 6. The minimum Gasteiger partial charge on any atom is -0.456 e. The number of nitrogens with one attached hydrogen (secondary N) is 1. The van der Waals surface area contributed by atoms with Gasteiger partial charge in [-0.05, 0) is 67.8 Å². The molecule has 0 bridgehead atoms. The van der Waals surface area contributed by atoms with Crippen LogP contribution in [0, 0.1) is 20.8 Å². The molecule has 34 heavy (non-hydrogen) atoms. The number of fused-ring (bicyclic) bond motifs is 1. The van der Waals surface area contributed by atoms with Crippen LogP contribution in [-0.4, -0.2) is 23.8 Å². The van der Waals surface area contributed by atoms with Gasteiger partial charge in [-0.1, -0.05) is 24.3 Å².